The van der Waals surface area contributed by atoms with Crippen molar-refractivity contribution in [3.05, 3.63) is 70.5 Å². The number of aromatic hydroxyl groups is 1. The second-order valence-corrected chi connectivity index (χ2v) is 7.79. The largest absolute Gasteiger partial charge is 0.508 e. The van der Waals surface area contributed by atoms with E-state index in [9.17, 15) is 9.90 Å². The molecule has 0 unspecified atom stereocenters. The average Bonchev–Trinajstić information content (AvgIpc) is 3.40. The van der Waals surface area contributed by atoms with Crippen LogP contribution in [0.5, 0.6) is 5.75 Å². The lowest BCUT2D eigenvalue weighted by molar-refractivity contribution is 0.0949. The Bertz CT molecular complexity index is 1250. The minimum Gasteiger partial charge on any atom is -0.508 e. The SMILES string of the molecule is Nc1nonc1-n1nnc(C(=O)N/N=C/c2ccc(O)cc2)c1CSc1ccc(Cl)cc1. The first-order valence-electron chi connectivity index (χ1n) is 9.05. The maximum atomic E-state index is 12.7. The van der Waals surface area contributed by atoms with Crippen molar-refractivity contribution in [1.82, 2.24) is 30.7 Å². The van der Waals surface area contributed by atoms with Crippen LogP contribution in [0.4, 0.5) is 5.82 Å². The molecule has 0 radical (unpaired) electrons. The molecule has 13 heteroatoms. The molecule has 4 aromatic rings. The smallest absolute Gasteiger partial charge is 0.293 e. The zero-order valence-corrected chi connectivity index (χ0v) is 17.8. The summed E-state index contributed by atoms with van der Waals surface area (Å²) in [6.07, 6.45) is 1.43. The number of rotatable bonds is 7. The normalized spacial score (nSPS) is 11.2. The molecule has 0 aliphatic heterocycles. The molecule has 4 N–H and O–H groups in total. The van der Waals surface area contributed by atoms with Crippen molar-refractivity contribution in [1.29, 1.82) is 0 Å². The van der Waals surface area contributed by atoms with Crippen molar-refractivity contribution in [2.75, 3.05) is 5.73 Å². The van der Waals surface area contributed by atoms with Gasteiger partial charge in [0.05, 0.1) is 11.9 Å². The van der Waals surface area contributed by atoms with Crippen LogP contribution >= 0.6 is 23.4 Å². The van der Waals surface area contributed by atoms with E-state index in [1.807, 2.05) is 12.1 Å². The van der Waals surface area contributed by atoms with E-state index in [0.717, 1.165) is 4.90 Å². The van der Waals surface area contributed by atoms with E-state index >= 15 is 0 Å². The third-order valence-corrected chi connectivity index (χ3v) is 5.41. The fourth-order valence-corrected chi connectivity index (χ4v) is 3.59. The maximum Gasteiger partial charge on any atom is 0.293 e. The van der Waals surface area contributed by atoms with Crippen LogP contribution in [-0.4, -0.2) is 42.5 Å². The number of phenols is 1. The number of phenolic OH excluding ortho intramolecular Hbond substituents is 1. The van der Waals surface area contributed by atoms with Crippen molar-refractivity contribution < 1.29 is 14.5 Å². The molecule has 4 rings (SSSR count). The highest BCUT2D eigenvalue weighted by molar-refractivity contribution is 7.98. The Balaban J connectivity index is 1.56. The highest BCUT2D eigenvalue weighted by Crippen LogP contribution is 2.27. The number of hydrogen-bond donors (Lipinski definition) is 3. The number of nitrogens with two attached hydrogens (primary N) is 1. The van der Waals surface area contributed by atoms with Crippen LogP contribution in [-0.2, 0) is 5.75 Å². The van der Waals surface area contributed by atoms with Gasteiger partial charge in [0, 0.05) is 15.7 Å². The lowest BCUT2D eigenvalue weighted by Crippen LogP contribution is -2.20. The third kappa shape index (κ3) is 4.87. The molecule has 2 aromatic heterocycles. The molecular weight excluding hydrogens is 456 g/mol. The number of carbonyl (C=O) groups is 1. The van der Waals surface area contributed by atoms with Crippen LogP contribution in [0.15, 0.2) is 63.2 Å². The second-order valence-electron chi connectivity index (χ2n) is 6.30. The number of nitrogens with one attached hydrogen (secondary N) is 1. The number of halogens is 1. The minimum atomic E-state index is -0.576. The zero-order chi connectivity index (χ0) is 22.5. The summed E-state index contributed by atoms with van der Waals surface area (Å²) in [6.45, 7) is 0. The molecule has 2 aromatic carbocycles. The van der Waals surface area contributed by atoms with Gasteiger partial charge in [0.25, 0.3) is 5.91 Å². The quantitative estimate of drug-likeness (QED) is 0.210. The molecule has 0 aliphatic rings. The van der Waals surface area contributed by atoms with Crippen molar-refractivity contribution in [2.24, 2.45) is 5.10 Å². The fourth-order valence-electron chi connectivity index (χ4n) is 2.58. The number of nitrogen functional groups attached to an aromatic ring is 1. The van der Waals surface area contributed by atoms with Gasteiger partial charge in [-0.25, -0.2) is 10.1 Å². The lowest BCUT2D eigenvalue weighted by Gasteiger charge is -2.06. The van der Waals surface area contributed by atoms with Crippen LogP contribution in [0, 0.1) is 0 Å². The number of hydrogen-bond acceptors (Lipinski definition) is 10. The molecule has 11 nitrogen and oxygen atoms in total. The first kappa shape index (κ1) is 21.3. The van der Waals surface area contributed by atoms with Crippen molar-refractivity contribution >= 4 is 41.3 Å². The standard InChI is InChI=1S/C19H15ClN8O3S/c20-12-3-7-14(8-4-12)32-10-15-16(23-27-28(15)18-17(21)25-31-26-18)19(30)24-22-9-11-1-5-13(29)6-2-11/h1-9,29H,10H2,(H2,21,25)(H,24,30)/b22-9+. The Morgan fingerprint density at radius 2 is 1.97 bits per heavy atom. The summed E-state index contributed by atoms with van der Waals surface area (Å²) in [7, 11) is 0. The number of hydrazone groups is 1. The van der Waals surface area contributed by atoms with Gasteiger partial charge in [-0.15, -0.1) is 16.9 Å². The van der Waals surface area contributed by atoms with Gasteiger partial charge >= 0.3 is 0 Å². The average molecular weight is 471 g/mol. The highest BCUT2D eigenvalue weighted by Gasteiger charge is 2.24. The molecule has 0 aliphatic carbocycles. The molecule has 0 saturated heterocycles. The molecule has 1 amide bonds. The van der Waals surface area contributed by atoms with Crippen LogP contribution in [0.3, 0.4) is 0 Å². The topological polar surface area (TPSA) is 157 Å². The number of nitrogens with zero attached hydrogens (tertiary/aromatic N) is 6. The van der Waals surface area contributed by atoms with Crippen molar-refractivity contribution in [3.8, 4) is 11.6 Å². The van der Waals surface area contributed by atoms with Crippen LogP contribution in [0.1, 0.15) is 21.7 Å². The Kier molecular flexibility index (Phi) is 6.33. The van der Waals surface area contributed by atoms with Crippen LogP contribution < -0.4 is 11.2 Å². The summed E-state index contributed by atoms with van der Waals surface area (Å²) in [5, 5.41) is 29.1. The molecule has 0 saturated carbocycles. The highest BCUT2D eigenvalue weighted by atomic mass is 35.5. The summed E-state index contributed by atoms with van der Waals surface area (Å²) >= 11 is 7.37. The van der Waals surface area contributed by atoms with Gasteiger partial charge in [0.1, 0.15) is 5.75 Å². The van der Waals surface area contributed by atoms with Crippen molar-refractivity contribution in [2.45, 2.75) is 10.6 Å². The summed E-state index contributed by atoms with van der Waals surface area (Å²) in [5.41, 5.74) is 9.35. The molecular formula is C19H15ClN8O3S. The zero-order valence-electron chi connectivity index (χ0n) is 16.2. The third-order valence-electron chi connectivity index (χ3n) is 4.14. The number of benzene rings is 2. The van der Waals surface area contributed by atoms with Gasteiger partial charge in [-0.2, -0.15) is 9.78 Å². The van der Waals surface area contributed by atoms with E-state index in [-0.39, 0.29) is 23.1 Å². The molecule has 162 valence electrons. The number of aromatic nitrogens is 5. The molecule has 0 spiro atoms. The molecule has 2 heterocycles. The second kappa shape index (κ2) is 9.49. The number of carbonyl (C=O) groups excluding carboxylic acids is 1. The van der Waals surface area contributed by atoms with E-state index in [1.54, 1.807) is 24.3 Å². The number of anilines is 1. The summed E-state index contributed by atoms with van der Waals surface area (Å²) in [4.78, 5) is 13.7. The van der Waals surface area contributed by atoms with Gasteiger partial charge in [-0.3, -0.25) is 4.79 Å². The van der Waals surface area contributed by atoms with Crippen molar-refractivity contribution in [3.63, 3.8) is 0 Å². The first-order valence-corrected chi connectivity index (χ1v) is 10.4. The first-order chi connectivity index (χ1) is 15.5. The van der Waals surface area contributed by atoms with E-state index in [1.165, 1.54) is 34.8 Å². The van der Waals surface area contributed by atoms with Gasteiger partial charge in [0.2, 0.25) is 11.6 Å². The predicted molar refractivity (Wildman–Crippen MR) is 118 cm³/mol. The summed E-state index contributed by atoms with van der Waals surface area (Å²) in [5.74, 6) is -0.00759. The monoisotopic (exact) mass is 470 g/mol. The Labute approximate surface area is 190 Å². The fraction of sp³-hybridized carbons (Fsp3) is 0.0526. The molecule has 0 fully saturated rings. The Morgan fingerprint density at radius 1 is 1.22 bits per heavy atom. The minimum absolute atomic E-state index is 0.00459. The number of amides is 1. The van der Waals surface area contributed by atoms with E-state index < -0.39 is 5.91 Å². The van der Waals surface area contributed by atoms with E-state index in [2.05, 4.69) is 35.8 Å². The van der Waals surface area contributed by atoms with E-state index in [4.69, 9.17) is 17.3 Å². The van der Waals surface area contributed by atoms with Gasteiger partial charge in [-0.05, 0) is 64.4 Å². The van der Waals surface area contributed by atoms with Crippen LogP contribution in [0.25, 0.3) is 5.82 Å². The molecule has 0 bridgehead atoms. The lowest BCUT2D eigenvalue weighted by atomic mass is 10.2. The Morgan fingerprint density at radius 3 is 2.66 bits per heavy atom. The molecule has 0 atom stereocenters. The maximum absolute atomic E-state index is 12.7. The van der Waals surface area contributed by atoms with Crippen LogP contribution in [0.2, 0.25) is 5.02 Å². The summed E-state index contributed by atoms with van der Waals surface area (Å²) < 4.78 is 5.94. The van der Waals surface area contributed by atoms with Gasteiger partial charge in [-0.1, -0.05) is 16.8 Å². The summed E-state index contributed by atoms with van der Waals surface area (Å²) in [6, 6.07) is 13.6. The van der Waals surface area contributed by atoms with Gasteiger partial charge < -0.3 is 10.8 Å². The predicted octanol–water partition coefficient (Wildman–Crippen LogP) is 2.65. The Hall–Kier alpha value is -3.90. The van der Waals surface area contributed by atoms with Gasteiger partial charge in [0.15, 0.2) is 5.69 Å². The number of thioether (sulfide) groups is 1. The molecule has 32 heavy (non-hydrogen) atoms. The van der Waals surface area contributed by atoms with E-state index in [0.29, 0.717) is 22.0 Å².